The van der Waals surface area contributed by atoms with Crippen LogP contribution in [0, 0.1) is 5.92 Å². The fourth-order valence-electron chi connectivity index (χ4n) is 3.93. The number of halogens is 1. The molecule has 1 amide bonds. The van der Waals surface area contributed by atoms with E-state index < -0.39 is 0 Å². The van der Waals surface area contributed by atoms with Crippen molar-refractivity contribution in [2.24, 2.45) is 5.92 Å². The number of rotatable bonds is 3. The zero-order valence-corrected chi connectivity index (χ0v) is 15.0. The number of fused-ring (bicyclic) bond motifs is 1. The Morgan fingerprint density at radius 3 is 2.76 bits per heavy atom. The van der Waals surface area contributed by atoms with Gasteiger partial charge in [-0.15, -0.1) is 0 Å². The van der Waals surface area contributed by atoms with Gasteiger partial charge in [0, 0.05) is 41.4 Å². The lowest BCUT2D eigenvalue weighted by atomic mass is 9.77. The van der Waals surface area contributed by atoms with Crippen molar-refractivity contribution in [2.45, 2.75) is 38.3 Å². The molecule has 4 rings (SSSR count). The molecule has 2 aliphatic heterocycles. The highest BCUT2D eigenvalue weighted by atomic mass is 35.5. The van der Waals surface area contributed by atoms with Crippen molar-refractivity contribution in [3.8, 4) is 0 Å². The second-order valence-corrected chi connectivity index (χ2v) is 7.50. The van der Waals surface area contributed by atoms with E-state index in [0.717, 1.165) is 22.9 Å². The van der Waals surface area contributed by atoms with Crippen molar-refractivity contribution in [1.82, 2.24) is 20.6 Å². The average molecular weight is 360 g/mol. The molecule has 1 aromatic heterocycles. The van der Waals surface area contributed by atoms with Gasteiger partial charge in [-0.1, -0.05) is 23.7 Å². The summed E-state index contributed by atoms with van der Waals surface area (Å²) >= 11 is 6.02. The van der Waals surface area contributed by atoms with Crippen LogP contribution in [0.3, 0.4) is 0 Å². The quantitative estimate of drug-likeness (QED) is 0.787. The van der Waals surface area contributed by atoms with E-state index in [4.69, 9.17) is 11.6 Å². The number of hydrazine groups is 1. The number of aromatic nitrogens is 2. The Labute approximate surface area is 151 Å². The van der Waals surface area contributed by atoms with Crippen LogP contribution in [0.2, 0.25) is 5.02 Å². The summed E-state index contributed by atoms with van der Waals surface area (Å²) in [6.07, 6.45) is 2.39. The highest BCUT2D eigenvalue weighted by Gasteiger charge is 2.40. The zero-order valence-electron chi connectivity index (χ0n) is 14.3. The number of carbonyl (C=O) groups excluding carboxylic acids is 1. The molecule has 25 heavy (non-hydrogen) atoms. The third-order valence-corrected chi connectivity index (χ3v) is 5.40. The third-order valence-electron chi connectivity index (χ3n) is 5.14. The van der Waals surface area contributed by atoms with Crippen LogP contribution in [0.4, 0.5) is 5.82 Å². The second-order valence-electron chi connectivity index (χ2n) is 7.06. The molecule has 0 bridgehead atoms. The maximum Gasteiger partial charge on any atom is 0.226 e. The van der Waals surface area contributed by atoms with E-state index in [2.05, 4.69) is 35.1 Å². The van der Waals surface area contributed by atoms with Crippen LogP contribution in [-0.2, 0) is 4.79 Å². The number of nitrogens with zero attached hydrogens (tertiary/aromatic N) is 2. The number of hydrogen-bond acceptors (Lipinski definition) is 4. The van der Waals surface area contributed by atoms with Crippen molar-refractivity contribution in [1.29, 1.82) is 0 Å². The molecular weight excluding hydrogens is 338 g/mol. The van der Waals surface area contributed by atoms with Gasteiger partial charge in [-0.2, -0.15) is 5.10 Å². The predicted molar refractivity (Wildman–Crippen MR) is 97.4 cm³/mol. The minimum absolute atomic E-state index is 0.0571. The lowest BCUT2D eigenvalue weighted by Gasteiger charge is -2.31. The first-order chi connectivity index (χ1) is 12.0. The molecule has 1 fully saturated rings. The van der Waals surface area contributed by atoms with Gasteiger partial charge >= 0.3 is 0 Å². The molecule has 3 heterocycles. The van der Waals surface area contributed by atoms with Crippen LogP contribution < -0.4 is 16.2 Å². The van der Waals surface area contributed by atoms with Gasteiger partial charge in [0.15, 0.2) is 0 Å². The zero-order chi connectivity index (χ0) is 17.6. The minimum atomic E-state index is 0.0571. The van der Waals surface area contributed by atoms with Crippen LogP contribution in [0.5, 0.6) is 0 Å². The van der Waals surface area contributed by atoms with E-state index >= 15 is 0 Å². The summed E-state index contributed by atoms with van der Waals surface area (Å²) in [5.41, 5.74) is 8.93. The monoisotopic (exact) mass is 359 g/mol. The molecule has 2 aliphatic rings. The van der Waals surface area contributed by atoms with Crippen LogP contribution in [0.15, 0.2) is 30.5 Å². The first-order valence-electron chi connectivity index (χ1n) is 8.65. The molecule has 2 aromatic rings. The van der Waals surface area contributed by atoms with E-state index in [9.17, 15) is 4.79 Å². The summed E-state index contributed by atoms with van der Waals surface area (Å²) in [4.78, 5) is 12.3. The van der Waals surface area contributed by atoms with Crippen LogP contribution in [-0.4, -0.2) is 22.2 Å². The normalized spacial score (nSPS) is 25.9. The van der Waals surface area contributed by atoms with E-state index in [1.165, 1.54) is 5.56 Å². The average Bonchev–Trinajstić information content (AvgIpc) is 3.21. The molecule has 3 N–H and O–H groups in total. The first-order valence-corrected chi connectivity index (χ1v) is 9.03. The summed E-state index contributed by atoms with van der Waals surface area (Å²) < 4.78 is 1.90. The van der Waals surface area contributed by atoms with E-state index in [0.29, 0.717) is 6.42 Å². The molecule has 0 spiro atoms. The second kappa shape index (κ2) is 6.44. The number of carbonyl (C=O) groups is 1. The number of hydrogen-bond donors (Lipinski definition) is 3. The lowest BCUT2D eigenvalue weighted by molar-refractivity contribution is -0.117. The Hall–Kier alpha value is -1.89. The maximum atomic E-state index is 12.3. The fraction of sp³-hybridized carbons (Fsp3) is 0.444. The predicted octanol–water partition coefficient (Wildman–Crippen LogP) is 3.01. The largest absolute Gasteiger partial charge is 0.311 e. The van der Waals surface area contributed by atoms with Gasteiger partial charge in [0.2, 0.25) is 5.91 Å². The van der Waals surface area contributed by atoms with Gasteiger partial charge in [-0.25, -0.2) is 10.1 Å². The Balaban J connectivity index is 1.69. The van der Waals surface area contributed by atoms with Crippen LogP contribution >= 0.6 is 11.6 Å². The standard InChI is InChI=1S/C18H22ClN5O/c1-10(2)24-18-15(9-21-24)13(7-16(25)22-18)14-8-20-23-17(14)11-3-5-12(19)6-4-11/h3-6,9-10,13-14,17,20,23H,7-8H2,1-2H3,(H,22,25). The van der Waals surface area contributed by atoms with Gasteiger partial charge in [-0.05, 0) is 31.5 Å². The Morgan fingerprint density at radius 1 is 1.28 bits per heavy atom. The van der Waals surface area contributed by atoms with Crippen molar-refractivity contribution < 1.29 is 4.79 Å². The molecular formula is C18H22ClN5O. The Bertz CT molecular complexity index is 785. The molecule has 3 atom stereocenters. The molecule has 0 saturated carbocycles. The van der Waals surface area contributed by atoms with E-state index in [-0.39, 0.29) is 29.8 Å². The molecule has 0 aliphatic carbocycles. The third kappa shape index (κ3) is 2.94. The molecule has 6 nitrogen and oxygen atoms in total. The van der Waals surface area contributed by atoms with E-state index in [1.54, 1.807) is 0 Å². The fourth-order valence-corrected chi connectivity index (χ4v) is 4.06. The van der Waals surface area contributed by atoms with Crippen molar-refractivity contribution in [2.75, 3.05) is 11.9 Å². The van der Waals surface area contributed by atoms with Gasteiger partial charge in [0.1, 0.15) is 5.82 Å². The summed E-state index contributed by atoms with van der Waals surface area (Å²) in [5.74, 6) is 1.29. The Kier molecular flexibility index (Phi) is 4.27. The van der Waals surface area contributed by atoms with Gasteiger partial charge in [-0.3, -0.25) is 10.2 Å². The minimum Gasteiger partial charge on any atom is -0.311 e. The first kappa shape index (κ1) is 16.6. The molecule has 1 aromatic carbocycles. The highest BCUT2D eigenvalue weighted by Crippen LogP contribution is 2.43. The topological polar surface area (TPSA) is 71.0 Å². The molecule has 7 heteroatoms. The van der Waals surface area contributed by atoms with Gasteiger partial charge in [0.05, 0.1) is 12.2 Å². The Morgan fingerprint density at radius 2 is 2.04 bits per heavy atom. The van der Waals surface area contributed by atoms with Crippen LogP contribution in [0.25, 0.3) is 0 Å². The van der Waals surface area contributed by atoms with E-state index in [1.807, 2.05) is 35.1 Å². The highest BCUT2D eigenvalue weighted by molar-refractivity contribution is 6.30. The van der Waals surface area contributed by atoms with Crippen molar-refractivity contribution in [3.05, 3.63) is 46.6 Å². The summed E-state index contributed by atoms with van der Waals surface area (Å²) in [7, 11) is 0. The molecule has 1 saturated heterocycles. The number of benzene rings is 1. The molecule has 3 unspecified atom stereocenters. The number of amides is 1. The van der Waals surface area contributed by atoms with Crippen LogP contribution in [0.1, 0.15) is 49.4 Å². The smallest absolute Gasteiger partial charge is 0.226 e. The van der Waals surface area contributed by atoms with Crippen molar-refractivity contribution in [3.63, 3.8) is 0 Å². The summed E-state index contributed by atoms with van der Waals surface area (Å²) in [6, 6.07) is 8.23. The van der Waals surface area contributed by atoms with Crippen molar-refractivity contribution >= 4 is 23.3 Å². The number of nitrogens with one attached hydrogen (secondary N) is 3. The summed E-state index contributed by atoms with van der Waals surface area (Å²) in [6.45, 7) is 4.94. The SMILES string of the molecule is CC(C)n1ncc2c1NC(=O)CC2C1CNNC1c1ccc(Cl)cc1. The maximum absolute atomic E-state index is 12.3. The lowest BCUT2D eigenvalue weighted by Crippen LogP contribution is -2.31. The summed E-state index contributed by atoms with van der Waals surface area (Å²) in [5, 5.41) is 8.24. The number of anilines is 1. The molecule has 0 radical (unpaired) electrons. The van der Waals surface area contributed by atoms with Gasteiger partial charge in [0.25, 0.3) is 0 Å². The van der Waals surface area contributed by atoms with Gasteiger partial charge < -0.3 is 5.32 Å². The molecule has 132 valence electrons.